The Morgan fingerprint density at radius 3 is 2.58 bits per heavy atom. The number of carbonyl (C=O) groups is 2. The summed E-state index contributed by atoms with van der Waals surface area (Å²) in [7, 11) is 1.69. The fourth-order valence-electron chi connectivity index (χ4n) is 2.46. The van der Waals surface area contributed by atoms with E-state index in [4.69, 9.17) is 16.3 Å². The molecule has 0 spiro atoms. The molecule has 1 aliphatic heterocycles. The maximum atomic E-state index is 12.1. The van der Waals surface area contributed by atoms with Crippen LogP contribution in [-0.4, -0.2) is 25.1 Å². The second-order valence-corrected chi connectivity index (χ2v) is 5.87. The molecule has 1 aliphatic rings. The minimum atomic E-state index is -0.557. The van der Waals surface area contributed by atoms with Crippen LogP contribution in [0.5, 0.6) is 5.75 Å². The highest BCUT2D eigenvalue weighted by Gasteiger charge is 2.28. The van der Waals surface area contributed by atoms with Crippen molar-refractivity contribution in [1.82, 2.24) is 0 Å². The Kier molecular flexibility index (Phi) is 4.31. The number of fused-ring (bicyclic) bond motifs is 1. The number of likely N-dealkylation sites (N-methyl/N-ethyl adjacent to an activating group) is 1. The van der Waals surface area contributed by atoms with Gasteiger partial charge in [-0.25, -0.2) is 4.79 Å². The lowest BCUT2D eigenvalue weighted by Crippen LogP contribution is -2.41. The second kappa shape index (κ2) is 6.41. The molecular formula is C17H16ClN3O3. The van der Waals surface area contributed by atoms with Crippen LogP contribution in [0.25, 0.3) is 0 Å². The number of anilines is 3. The molecule has 0 radical (unpaired) electrons. The molecule has 124 valence electrons. The number of carbonyl (C=O) groups excluding carboxylic acids is 2. The average Bonchev–Trinajstić information content (AvgIpc) is 2.52. The van der Waals surface area contributed by atoms with E-state index >= 15 is 0 Å². The van der Waals surface area contributed by atoms with E-state index in [0.29, 0.717) is 27.8 Å². The van der Waals surface area contributed by atoms with Gasteiger partial charge < -0.3 is 20.3 Å². The van der Waals surface area contributed by atoms with Crippen molar-refractivity contribution in [2.75, 3.05) is 22.6 Å². The summed E-state index contributed by atoms with van der Waals surface area (Å²) >= 11 is 5.89. The molecule has 0 bridgehead atoms. The van der Waals surface area contributed by atoms with Gasteiger partial charge in [0, 0.05) is 29.5 Å². The maximum absolute atomic E-state index is 12.1. The molecule has 3 rings (SSSR count). The van der Waals surface area contributed by atoms with Gasteiger partial charge in [-0.3, -0.25) is 4.79 Å². The third-order valence-electron chi connectivity index (χ3n) is 3.64. The quantitative estimate of drug-likeness (QED) is 0.871. The summed E-state index contributed by atoms with van der Waals surface area (Å²) in [6, 6.07) is 11.6. The van der Waals surface area contributed by atoms with Crippen molar-refractivity contribution < 1.29 is 14.3 Å². The Morgan fingerprint density at radius 2 is 1.88 bits per heavy atom. The number of amides is 3. The Hall–Kier alpha value is -2.73. The van der Waals surface area contributed by atoms with E-state index < -0.39 is 12.1 Å². The molecule has 0 aromatic heterocycles. The lowest BCUT2D eigenvalue weighted by molar-refractivity contribution is -0.125. The monoisotopic (exact) mass is 345 g/mol. The van der Waals surface area contributed by atoms with Gasteiger partial charge in [0.2, 0.25) is 0 Å². The molecule has 6 nitrogen and oxygen atoms in total. The van der Waals surface area contributed by atoms with E-state index in [0.717, 1.165) is 0 Å². The topological polar surface area (TPSA) is 70.7 Å². The number of rotatable bonds is 2. The van der Waals surface area contributed by atoms with Crippen LogP contribution in [0.4, 0.5) is 21.9 Å². The first-order valence-electron chi connectivity index (χ1n) is 7.36. The number of urea groups is 1. The van der Waals surface area contributed by atoms with Crippen LogP contribution in [-0.2, 0) is 4.79 Å². The minimum Gasteiger partial charge on any atom is -0.479 e. The van der Waals surface area contributed by atoms with Crippen molar-refractivity contribution >= 4 is 40.6 Å². The van der Waals surface area contributed by atoms with Gasteiger partial charge in [0.15, 0.2) is 6.10 Å². The standard InChI is InChI=1S/C17H16ClN3O3/c1-10-16(22)21(2)14-7-6-13(9-15(14)24-10)20-17(23)19-12-5-3-4-11(18)8-12/h3-10H,1-2H3,(H2,19,20,23). The zero-order valence-corrected chi connectivity index (χ0v) is 13.9. The van der Waals surface area contributed by atoms with Crippen molar-refractivity contribution in [2.24, 2.45) is 0 Å². The summed E-state index contributed by atoms with van der Waals surface area (Å²) in [5.41, 5.74) is 1.82. The highest BCUT2D eigenvalue weighted by atomic mass is 35.5. The van der Waals surface area contributed by atoms with Crippen molar-refractivity contribution in [2.45, 2.75) is 13.0 Å². The number of ether oxygens (including phenoxy) is 1. The first kappa shape index (κ1) is 16.1. The first-order chi connectivity index (χ1) is 11.4. The van der Waals surface area contributed by atoms with Crippen LogP contribution in [0.3, 0.4) is 0 Å². The average molecular weight is 346 g/mol. The van der Waals surface area contributed by atoms with Crippen LogP contribution in [0.2, 0.25) is 5.02 Å². The lowest BCUT2D eigenvalue weighted by atomic mass is 10.2. The van der Waals surface area contributed by atoms with E-state index in [2.05, 4.69) is 10.6 Å². The first-order valence-corrected chi connectivity index (χ1v) is 7.73. The summed E-state index contributed by atoms with van der Waals surface area (Å²) in [6.07, 6.45) is -0.557. The van der Waals surface area contributed by atoms with Crippen molar-refractivity contribution in [3.8, 4) is 5.75 Å². The predicted octanol–water partition coefficient (Wildman–Crippen LogP) is 3.73. The zero-order valence-electron chi connectivity index (χ0n) is 13.2. The summed E-state index contributed by atoms with van der Waals surface area (Å²) in [4.78, 5) is 25.5. The van der Waals surface area contributed by atoms with E-state index in [9.17, 15) is 9.59 Å². The van der Waals surface area contributed by atoms with Gasteiger partial charge in [0.1, 0.15) is 5.75 Å². The molecule has 2 aromatic carbocycles. The fourth-order valence-corrected chi connectivity index (χ4v) is 2.65. The largest absolute Gasteiger partial charge is 0.479 e. The van der Waals surface area contributed by atoms with E-state index in [-0.39, 0.29) is 5.91 Å². The molecule has 2 N–H and O–H groups in total. The third-order valence-corrected chi connectivity index (χ3v) is 3.88. The summed E-state index contributed by atoms with van der Waals surface area (Å²) in [6.45, 7) is 1.69. The van der Waals surface area contributed by atoms with Gasteiger partial charge >= 0.3 is 6.03 Å². The molecule has 0 saturated heterocycles. The molecule has 1 heterocycles. The third kappa shape index (κ3) is 3.28. The number of nitrogens with one attached hydrogen (secondary N) is 2. The van der Waals surface area contributed by atoms with Crippen molar-refractivity contribution in [3.05, 3.63) is 47.5 Å². The second-order valence-electron chi connectivity index (χ2n) is 5.43. The SMILES string of the molecule is CC1Oc2cc(NC(=O)Nc3cccc(Cl)c3)ccc2N(C)C1=O. The van der Waals surface area contributed by atoms with Crippen LogP contribution in [0.15, 0.2) is 42.5 Å². The van der Waals surface area contributed by atoms with Crippen LogP contribution < -0.4 is 20.3 Å². The van der Waals surface area contributed by atoms with Gasteiger partial charge in [0.25, 0.3) is 5.91 Å². The number of benzene rings is 2. The van der Waals surface area contributed by atoms with Crippen LogP contribution >= 0.6 is 11.6 Å². The zero-order chi connectivity index (χ0) is 17.3. The molecule has 3 amide bonds. The van der Waals surface area contributed by atoms with Gasteiger partial charge in [-0.2, -0.15) is 0 Å². The van der Waals surface area contributed by atoms with E-state index in [1.807, 2.05) is 0 Å². The Bertz CT molecular complexity index is 809. The molecule has 0 fully saturated rings. The van der Waals surface area contributed by atoms with E-state index in [1.165, 1.54) is 0 Å². The molecular weight excluding hydrogens is 330 g/mol. The molecule has 1 atom stereocenters. The van der Waals surface area contributed by atoms with Crippen molar-refractivity contribution in [3.63, 3.8) is 0 Å². The maximum Gasteiger partial charge on any atom is 0.323 e. The van der Waals surface area contributed by atoms with Gasteiger partial charge in [0.05, 0.1) is 5.69 Å². The minimum absolute atomic E-state index is 0.109. The highest BCUT2D eigenvalue weighted by Crippen LogP contribution is 2.35. The Morgan fingerprint density at radius 1 is 1.17 bits per heavy atom. The van der Waals surface area contributed by atoms with E-state index in [1.54, 1.807) is 61.3 Å². The molecule has 0 saturated carbocycles. The number of hydrogen-bond acceptors (Lipinski definition) is 3. The molecule has 7 heteroatoms. The highest BCUT2D eigenvalue weighted by molar-refractivity contribution is 6.30. The van der Waals surface area contributed by atoms with Gasteiger partial charge in [-0.15, -0.1) is 0 Å². The van der Waals surface area contributed by atoms with Gasteiger partial charge in [-0.1, -0.05) is 17.7 Å². The van der Waals surface area contributed by atoms with Crippen LogP contribution in [0.1, 0.15) is 6.92 Å². The smallest absolute Gasteiger partial charge is 0.323 e. The van der Waals surface area contributed by atoms with Crippen molar-refractivity contribution in [1.29, 1.82) is 0 Å². The molecule has 0 aliphatic carbocycles. The summed E-state index contributed by atoms with van der Waals surface area (Å²) < 4.78 is 5.59. The molecule has 2 aromatic rings. The number of halogens is 1. The Balaban J connectivity index is 1.73. The lowest BCUT2D eigenvalue weighted by Gasteiger charge is -2.30. The number of nitrogens with zero attached hydrogens (tertiary/aromatic N) is 1. The Labute approximate surface area is 144 Å². The summed E-state index contributed by atoms with van der Waals surface area (Å²) in [5, 5.41) is 5.96. The van der Waals surface area contributed by atoms with Crippen LogP contribution in [0, 0.1) is 0 Å². The fraction of sp³-hybridized carbons (Fsp3) is 0.176. The predicted molar refractivity (Wildman–Crippen MR) is 94.0 cm³/mol. The number of hydrogen-bond donors (Lipinski definition) is 2. The molecule has 24 heavy (non-hydrogen) atoms. The van der Waals surface area contributed by atoms with Gasteiger partial charge in [-0.05, 0) is 37.3 Å². The summed E-state index contributed by atoms with van der Waals surface area (Å²) in [5.74, 6) is 0.437. The normalized spacial score (nSPS) is 16.2. The molecule has 1 unspecified atom stereocenters.